The highest BCUT2D eigenvalue weighted by molar-refractivity contribution is 9.11. The summed E-state index contributed by atoms with van der Waals surface area (Å²) < 4.78 is 2.74. The molecule has 1 amide bonds. The monoisotopic (exact) mass is 299 g/mol. The molecule has 0 bridgehead atoms. The Morgan fingerprint density at radius 3 is 2.81 bits per heavy atom. The van der Waals surface area contributed by atoms with Crippen LogP contribution in [-0.2, 0) is 7.05 Å². The van der Waals surface area contributed by atoms with Crippen molar-refractivity contribution in [3.63, 3.8) is 0 Å². The number of aryl methyl sites for hydroxylation is 1. The third-order valence-electron chi connectivity index (χ3n) is 2.30. The first-order chi connectivity index (χ1) is 7.58. The number of hydrogen-bond acceptors (Lipinski definition) is 3. The summed E-state index contributed by atoms with van der Waals surface area (Å²) in [5.41, 5.74) is 1.68. The predicted octanol–water partition coefficient (Wildman–Crippen LogP) is 2.80. The summed E-state index contributed by atoms with van der Waals surface area (Å²) in [4.78, 5) is 15.9. The van der Waals surface area contributed by atoms with E-state index in [1.54, 1.807) is 12.3 Å². The molecule has 2 rings (SSSR count). The Morgan fingerprint density at radius 2 is 2.31 bits per heavy atom. The number of amides is 1. The molecule has 0 saturated heterocycles. The van der Waals surface area contributed by atoms with Gasteiger partial charge < -0.3 is 4.57 Å². The van der Waals surface area contributed by atoms with Crippen LogP contribution in [0.5, 0.6) is 0 Å². The number of thiazole rings is 1. The molecular weight excluding hydrogens is 290 g/mol. The molecule has 0 spiro atoms. The van der Waals surface area contributed by atoms with Crippen LogP contribution in [0.4, 0.5) is 5.13 Å². The molecule has 0 aliphatic rings. The maximum absolute atomic E-state index is 11.9. The van der Waals surface area contributed by atoms with E-state index in [9.17, 15) is 4.79 Å². The molecule has 0 aliphatic carbocycles. The van der Waals surface area contributed by atoms with Gasteiger partial charge in [-0.05, 0) is 35.0 Å². The van der Waals surface area contributed by atoms with E-state index in [-0.39, 0.29) is 5.91 Å². The lowest BCUT2D eigenvalue weighted by molar-refractivity contribution is 0.101. The van der Waals surface area contributed by atoms with E-state index in [4.69, 9.17) is 0 Å². The number of nitrogens with zero attached hydrogens (tertiary/aromatic N) is 2. The van der Waals surface area contributed by atoms with Crippen LogP contribution in [0, 0.1) is 6.92 Å². The second-order valence-corrected chi connectivity index (χ2v) is 5.75. The van der Waals surface area contributed by atoms with Crippen LogP contribution in [0.1, 0.15) is 16.2 Å². The molecular formula is C10H10BrN3OS. The molecule has 0 radical (unpaired) electrons. The second kappa shape index (κ2) is 4.39. The van der Waals surface area contributed by atoms with Gasteiger partial charge >= 0.3 is 0 Å². The van der Waals surface area contributed by atoms with Crippen molar-refractivity contribution >= 4 is 38.3 Å². The number of anilines is 1. The quantitative estimate of drug-likeness (QED) is 0.927. The third kappa shape index (κ3) is 2.17. The molecule has 0 unspecified atom stereocenters. The van der Waals surface area contributed by atoms with Crippen LogP contribution in [0.15, 0.2) is 22.1 Å². The minimum atomic E-state index is -0.141. The number of nitrogens with one attached hydrogen (secondary N) is 1. The fourth-order valence-corrected chi connectivity index (χ4v) is 2.42. The fourth-order valence-electron chi connectivity index (χ4n) is 1.31. The van der Waals surface area contributed by atoms with Gasteiger partial charge in [-0.15, -0.1) is 0 Å². The van der Waals surface area contributed by atoms with Crippen LogP contribution >= 0.6 is 27.3 Å². The van der Waals surface area contributed by atoms with Gasteiger partial charge in [0.25, 0.3) is 5.91 Å². The molecule has 0 aliphatic heterocycles. The number of carbonyl (C=O) groups is 1. The van der Waals surface area contributed by atoms with Crippen LogP contribution in [0.25, 0.3) is 0 Å². The highest BCUT2D eigenvalue weighted by atomic mass is 79.9. The maximum Gasteiger partial charge on any atom is 0.274 e. The Kier molecular flexibility index (Phi) is 3.11. The van der Waals surface area contributed by atoms with Crippen molar-refractivity contribution in [3.8, 4) is 0 Å². The molecule has 0 aromatic carbocycles. The lowest BCUT2D eigenvalue weighted by Crippen LogP contribution is -2.15. The van der Waals surface area contributed by atoms with Gasteiger partial charge in [-0.2, -0.15) is 0 Å². The summed E-state index contributed by atoms with van der Waals surface area (Å²) >= 11 is 4.68. The van der Waals surface area contributed by atoms with Gasteiger partial charge in [0.15, 0.2) is 5.13 Å². The predicted molar refractivity (Wildman–Crippen MR) is 67.9 cm³/mol. The zero-order valence-electron chi connectivity index (χ0n) is 8.82. The van der Waals surface area contributed by atoms with Crippen LogP contribution in [-0.4, -0.2) is 15.5 Å². The summed E-state index contributed by atoms with van der Waals surface area (Å²) in [5.74, 6) is -0.141. The number of rotatable bonds is 2. The lowest BCUT2D eigenvalue weighted by atomic mass is 10.4. The van der Waals surface area contributed by atoms with Gasteiger partial charge in [-0.1, -0.05) is 11.3 Å². The average Bonchev–Trinajstić information content (AvgIpc) is 2.76. The van der Waals surface area contributed by atoms with E-state index >= 15 is 0 Å². The third-order valence-corrected chi connectivity index (χ3v) is 3.69. The fraction of sp³-hybridized carbons (Fsp3) is 0.200. The van der Waals surface area contributed by atoms with E-state index in [0.717, 1.165) is 9.48 Å². The first-order valence-electron chi connectivity index (χ1n) is 4.63. The Bertz CT molecular complexity index is 532. The smallest absolute Gasteiger partial charge is 0.274 e. The Labute approximate surface area is 105 Å². The summed E-state index contributed by atoms with van der Waals surface area (Å²) in [7, 11) is 1.86. The van der Waals surface area contributed by atoms with Gasteiger partial charge in [-0.3, -0.25) is 10.1 Å². The second-order valence-electron chi connectivity index (χ2n) is 3.34. The van der Waals surface area contributed by atoms with Crippen molar-refractivity contribution in [1.82, 2.24) is 9.55 Å². The first kappa shape index (κ1) is 11.3. The summed E-state index contributed by atoms with van der Waals surface area (Å²) in [6, 6.07) is 3.71. The molecule has 16 heavy (non-hydrogen) atoms. The highest BCUT2D eigenvalue weighted by Gasteiger charge is 2.12. The Hall–Kier alpha value is -1.14. The van der Waals surface area contributed by atoms with E-state index in [1.165, 1.54) is 11.3 Å². The van der Waals surface area contributed by atoms with Crippen molar-refractivity contribution in [3.05, 3.63) is 33.5 Å². The van der Waals surface area contributed by atoms with Crippen molar-refractivity contribution in [1.29, 1.82) is 0 Å². The number of hydrogen-bond donors (Lipinski definition) is 1. The van der Waals surface area contributed by atoms with Gasteiger partial charge in [0.1, 0.15) is 5.69 Å². The number of aromatic nitrogens is 2. The molecule has 0 atom stereocenters. The largest absolute Gasteiger partial charge is 0.344 e. The topological polar surface area (TPSA) is 46.9 Å². The van der Waals surface area contributed by atoms with Gasteiger partial charge in [-0.25, -0.2) is 4.98 Å². The van der Waals surface area contributed by atoms with Crippen LogP contribution in [0.3, 0.4) is 0 Å². The van der Waals surface area contributed by atoms with Gasteiger partial charge in [0.2, 0.25) is 0 Å². The molecule has 6 heteroatoms. The molecule has 2 heterocycles. The van der Waals surface area contributed by atoms with Crippen LogP contribution in [0.2, 0.25) is 0 Å². The van der Waals surface area contributed by atoms with Crippen molar-refractivity contribution in [2.24, 2.45) is 7.05 Å². The molecule has 2 aromatic rings. The van der Waals surface area contributed by atoms with E-state index in [0.29, 0.717) is 10.8 Å². The molecule has 4 nitrogen and oxygen atoms in total. The zero-order valence-corrected chi connectivity index (χ0v) is 11.2. The van der Waals surface area contributed by atoms with Gasteiger partial charge in [0.05, 0.1) is 9.98 Å². The van der Waals surface area contributed by atoms with Crippen molar-refractivity contribution in [2.45, 2.75) is 6.92 Å². The number of halogens is 1. The summed E-state index contributed by atoms with van der Waals surface area (Å²) in [5, 5.41) is 3.34. The highest BCUT2D eigenvalue weighted by Crippen LogP contribution is 2.23. The Balaban J connectivity index is 2.18. The zero-order chi connectivity index (χ0) is 11.7. The van der Waals surface area contributed by atoms with Gasteiger partial charge in [0, 0.05) is 12.7 Å². The normalized spacial score (nSPS) is 10.4. The SMILES string of the molecule is Cc1ccc(C(=O)Nc2ncc(Br)s2)n1C. The van der Waals surface area contributed by atoms with E-state index in [1.807, 2.05) is 24.6 Å². The molecule has 84 valence electrons. The molecule has 2 aromatic heterocycles. The van der Waals surface area contributed by atoms with E-state index in [2.05, 4.69) is 26.2 Å². The first-order valence-corrected chi connectivity index (χ1v) is 6.24. The minimum absolute atomic E-state index is 0.141. The van der Waals surface area contributed by atoms with Crippen LogP contribution < -0.4 is 5.32 Å². The maximum atomic E-state index is 11.9. The lowest BCUT2D eigenvalue weighted by Gasteiger charge is -2.04. The minimum Gasteiger partial charge on any atom is -0.344 e. The molecule has 0 saturated carbocycles. The summed E-state index contributed by atoms with van der Waals surface area (Å²) in [6.07, 6.45) is 1.66. The number of carbonyl (C=O) groups excluding carboxylic acids is 1. The average molecular weight is 300 g/mol. The summed E-state index contributed by atoms with van der Waals surface area (Å²) in [6.45, 7) is 1.96. The van der Waals surface area contributed by atoms with Crippen molar-refractivity contribution in [2.75, 3.05) is 5.32 Å². The standard InChI is InChI=1S/C10H10BrN3OS/c1-6-3-4-7(14(6)2)9(15)13-10-12-5-8(11)16-10/h3-5H,1-2H3,(H,12,13,15). The molecule has 1 N–H and O–H groups in total. The van der Waals surface area contributed by atoms with Crippen molar-refractivity contribution < 1.29 is 4.79 Å². The van der Waals surface area contributed by atoms with E-state index < -0.39 is 0 Å². The Morgan fingerprint density at radius 1 is 1.56 bits per heavy atom. The molecule has 0 fully saturated rings.